The highest BCUT2D eigenvalue weighted by Crippen LogP contribution is 2.10. The molecule has 0 bridgehead atoms. The molecule has 1 saturated heterocycles. The summed E-state index contributed by atoms with van der Waals surface area (Å²) in [6.07, 6.45) is 2.19. The molecular weight excluding hydrogens is 126 g/mol. The summed E-state index contributed by atoms with van der Waals surface area (Å²) < 4.78 is 0. The molecule has 1 aliphatic rings. The summed E-state index contributed by atoms with van der Waals surface area (Å²) in [5.74, 6) is 0.563. The van der Waals surface area contributed by atoms with Crippen molar-refractivity contribution >= 4 is 5.78 Å². The zero-order valence-electron chi connectivity index (χ0n) is 6.68. The highest BCUT2D eigenvalue weighted by atomic mass is 16.1. The van der Waals surface area contributed by atoms with Crippen LogP contribution in [0.25, 0.3) is 0 Å². The third kappa shape index (κ3) is 1.57. The van der Waals surface area contributed by atoms with Crippen LogP contribution in [0.4, 0.5) is 0 Å². The first kappa shape index (κ1) is 7.73. The molecule has 0 aromatic rings. The summed E-state index contributed by atoms with van der Waals surface area (Å²) in [7, 11) is 0. The molecule has 0 spiro atoms. The van der Waals surface area contributed by atoms with Crippen LogP contribution in [0.1, 0.15) is 26.7 Å². The third-order valence-corrected chi connectivity index (χ3v) is 1.97. The smallest absolute Gasteiger partial charge is 0.152 e. The second-order valence-corrected chi connectivity index (χ2v) is 3.21. The highest BCUT2D eigenvalue weighted by Gasteiger charge is 2.23. The molecular formula is C8H15NO. The Balaban J connectivity index is 2.40. The van der Waals surface area contributed by atoms with E-state index in [2.05, 4.69) is 5.32 Å². The number of carbonyl (C=O) groups is 1. The molecule has 1 N–H and O–H groups in total. The summed E-state index contributed by atoms with van der Waals surface area (Å²) >= 11 is 0. The van der Waals surface area contributed by atoms with Crippen molar-refractivity contribution in [3.8, 4) is 0 Å². The van der Waals surface area contributed by atoms with Gasteiger partial charge in [0.1, 0.15) is 0 Å². The molecule has 1 rings (SSSR count). The summed E-state index contributed by atoms with van der Waals surface area (Å²) in [5.41, 5.74) is 0. The molecule has 10 heavy (non-hydrogen) atoms. The van der Waals surface area contributed by atoms with Crippen molar-refractivity contribution < 1.29 is 4.79 Å². The maximum atomic E-state index is 11.3. The fourth-order valence-corrected chi connectivity index (χ4v) is 1.33. The number of hydrogen-bond donors (Lipinski definition) is 1. The van der Waals surface area contributed by atoms with Crippen molar-refractivity contribution in [3.05, 3.63) is 0 Å². The van der Waals surface area contributed by atoms with Gasteiger partial charge < -0.3 is 5.32 Å². The molecule has 0 aliphatic carbocycles. The van der Waals surface area contributed by atoms with Gasteiger partial charge in [-0.25, -0.2) is 0 Å². The van der Waals surface area contributed by atoms with Crippen molar-refractivity contribution in [2.24, 2.45) is 5.92 Å². The van der Waals surface area contributed by atoms with Gasteiger partial charge in [0.15, 0.2) is 5.78 Å². The van der Waals surface area contributed by atoms with Crippen LogP contribution in [0.3, 0.4) is 0 Å². The van der Waals surface area contributed by atoms with Gasteiger partial charge in [0.2, 0.25) is 0 Å². The van der Waals surface area contributed by atoms with E-state index in [0.29, 0.717) is 5.78 Å². The van der Waals surface area contributed by atoms with Gasteiger partial charge in [-0.3, -0.25) is 4.79 Å². The monoisotopic (exact) mass is 141 g/mol. The lowest BCUT2D eigenvalue weighted by molar-refractivity contribution is -0.123. The third-order valence-electron chi connectivity index (χ3n) is 1.97. The maximum Gasteiger partial charge on any atom is 0.152 e. The van der Waals surface area contributed by atoms with Crippen LogP contribution < -0.4 is 5.32 Å². The fraction of sp³-hybridized carbons (Fsp3) is 0.875. The molecule has 0 unspecified atom stereocenters. The summed E-state index contributed by atoms with van der Waals surface area (Å²) in [5, 5.41) is 3.19. The molecule has 2 nitrogen and oxygen atoms in total. The zero-order chi connectivity index (χ0) is 7.56. The lowest BCUT2D eigenvalue weighted by atomic mass is 10.0. The Kier molecular flexibility index (Phi) is 2.44. The lowest BCUT2D eigenvalue weighted by Gasteiger charge is -2.10. The van der Waals surface area contributed by atoms with E-state index >= 15 is 0 Å². The van der Waals surface area contributed by atoms with E-state index in [4.69, 9.17) is 0 Å². The first-order valence-corrected chi connectivity index (χ1v) is 3.99. The molecule has 58 valence electrons. The predicted molar refractivity (Wildman–Crippen MR) is 40.9 cm³/mol. The lowest BCUT2D eigenvalue weighted by Crippen LogP contribution is -2.33. The number of ketones is 1. The standard InChI is InChI=1S/C8H15NO/c1-6(2)8(10)7-4-3-5-9-7/h6-7,9H,3-5H2,1-2H3/t7-/m0/s1. The molecule has 0 saturated carbocycles. The minimum atomic E-state index is 0.167. The van der Waals surface area contributed by atoms with Crippen LogP contribution in [0.15, 0.2) is 0 Å². The summed E-state index contributed by atoms with van der Waals surface area (Å²) in [6, 6.07) is 0.167. The minimum absolute atomic E-state index is 0.167. The average molecular weight is 141 g/mol. The van der Waals surface area contributed by atoms with E-state index in [0.717, 1.165) is 19.4 Å². The molecule has 0 amide bonds. The quantitative estimate of drug-likeness (QED) is 0.620. The van der Waals surface area contributed by atoms with Gasteiger partial charge in [-0.15, -0.1) is 0 Å². The zero-order valence-corrected chi connectivity index (χ0v) is 6.68. The number of hydrogen-bond acceptors (Lipinski definition) is 2. The summed E-state index contributed by atoms with van der Waals surface area (Å²) in [6.45, 7) is 4.94. The van der Waals surface area contributed by atoms with Crippen LogP contribution in [0, 0.1) is 5.92 Å². The van der Waals surface area contributed by atoms with Crippen LogP contribution in [0.2, 0.25) is 0 Å². The Morgan fingerprint density at radius 3 is 2.70 bits per heavy atom. The molecule has 1 heterocycles. The van der Waals surface area contributed by atoms with E-state index in [1.807, 2.05) is 13.8 Å². The number of Topliss-reactive ketones (excluding diaryl/α,β-unsaturated/α-hetero) is 1. The first-order chi connectivity index (χ1) is 4.72. The van der Waals surface area contributed by atoms with E-state index in [9.17, 15) is 4.79 Å². The normalized spacial score (nSPS) is 25.7. The Labute approximate surface area is 62.0 Å². The Morgan fingerprint density at radius 1 is 1.60 bits per heavy atom. The molecule has 1 aliphatic heterocycles. The number of rotatable bonds is 2. The molecule has 0 aromatic carbocycles. The van der Waals surface area contributed by atoms with Gasteiger partial charge in [-0.05, 0) is 19.4 Å². The van der Waals surface area contributed by atoms with E-state index in [1.165, 1.54) is 0 Å². The van der Waals surface area contributed by atoms with Gasteiger partial charge in [-0.2, -0.15) is 0 Å². The van der Waals surface area contributed by atoms with Crippen molar-refractivity contribution in [2.75, 3.05) is 6.54 Å². The van der Waals surface area contributed by atoms with Crippen molar-refractivity contribution in [1.29, 1.82) is 0 Å². The van der Waals surface area contributed by atoms with Gasteiger partial charge in [-0.1, -0.05) is 13.8 Å². The van der Waals surface area contributed by atoms with Crippen LogP contribution in [-0.2, 0) is 4.79 Å². The van der Waals surface area contributed by atoms with E-state index < -0.39 is 0 Å². The number of nitrogens with one attached hydrogen (secondary N) is 1. The molecule has 1 atom stereocenters. The van der Waals surface area contributed by atoms with Gasteiger partial charge in [0.25, 0.3) is 0 Å². The summed E-state index contributed by atoms with van der Waals surface area (Å²) in [4.78, 5) is 11.3. The van der Waals surface area contributed by atoms with Crippen molar-refractivity contribution in [2.45, 2.75) is 32.7 Å². The Bertz CT molecular complexity index is 125. The van der Waals surface area contributed by atoms with Gasteiger partial charge >= 0.3 is 0 Å². The maximum absolute atomic E-state index is 11.3. The van der Waals surface area contributed by atoms with Crippen LogP contribution >= 0.6 is 0 Å². The Hall–Kier alpha value is -0.370. The predicted octanol–water partition coefficient (Wildman–Crippen LogP) is 0.964. The molecule has 2 heteroatoms. The van der Waals surface area contributed by atoms with Gasteiger partial charge in [0.05, 0.1) is 6.04 Å². The van der Waals surface area contributed by atoms with Crippen molar-refractivity contribution in [3.63, 3.8) is 0 Å². The molecule has 0 radical (unpaired) electrons. The first-order valence-electron chi connectivity index (χ1n) is 3.99. The minimum Gasteiger partial charge on any atom is -0.307 e. The van der Waals surface area contributed by atoms with Gasteiger partial charge in [0, 0.05) is 5.92 Å². The fourth-order valence-electron chi connectivity index (χ4n) is 1.33. The van der Waals surface area contributed by atoms with E-state index in [-0.39, 0.29) is 12.0 Å². The SMILES string of the molecule is CC(C)C(=O)[C@@H]1CCCN1. The van der Waals surface area contributed by atoms with Crippen LogP contribution in [-0.4, -0.2) is 18.4 Å². The Morgan fingerprint density at radius 2 is 2.30 bits per heavy atom. The molecule has 0 aromatic heterocycles. The molecule has 1 fully saturated rings. The van der Waals surface area contributed by atoms with Crippen molar-refractivity contribution in [1.82, 2.24) is 5.32 Å². The number of carbonyl (C=O) groups excluding carboxylic acids is 1. The topological polar surface area (TPSA) is 29.1 Å². The second kappa shape index (κ2) is 3.15. The average Bonchev–Trinajstić information content (AvgIpc) is 2.36. The highest BCUT2D eigenvalue weighted by molar-refractivity contribution is 5.85. The second-order valence-electron chi connectivity index (χ2n) is 3.21. The largest absolute Gasteiger partial charge is 0.307 e. The van der Waals surface area contributed by atoms with E-state index in [1.54, 1.807) is 0 Å². The van der Waals surface area contributed by atoms with Crippen LogP contribution in [0.5, 0.6) is 0 Å².